The van der Waals surface area contributed by atoms with Gasteiger partial charge in [-0.25, -0.2) is 0 Å². The van der Waals surface area contributed by atoms with Crippen LogP contribution in [0, 0.1) is 5.92 Å². The molecule has 2 saturated carbocycles. The van der Waals surface area contributed by atoms with Crippen LogP contribution in [-0.4, -0.2) is 18.0 Å². The quantitative estimate of drug-likeness (QED) is 0.803. The van der Waals surface area contributed by atoms with Gasteiger partial charge in [-0.2, -0.15) is 0 Å². The lowest BCUT2D eigenvalue weighted by molar-refractivity contribution is -0.120. The average molecular weight is 230 g/mol. The van der Waals surface area contributed by atoms with Crippen molar-refractivity contribution in [1.29, 1.82) is 0 Å². The predicted molar refractivity (Wildman–Crippen MR) is 66.4 cm³/mol. The van der Waals surface area contributed by atoms with E-state index in [-0.39, 0.29) is 11.9 Å². The molecule has 3 N–H and O–H groups in total. The van der Waals surface area contributed by atoms with Crippen molar-refractivity contribution in [2.45, 2.75) is 37.3 Å². The van der Waals surface area contributed by atoms with E-state index in [1.165, 1.54) is 5.56 Å². The summed E-state index contributed by atoms with van der Waals surface area (Å²) >= 11 is 0. The Hall–Kier alpha value is -1.35. The highest BCUT2D eigenvalue weighted by Gasteiger charge is 2.44. The molecule has 1 aromatic rings. The Morgan fingerprint density at radius 1 is 1.29 bits per heavy atom. The van der Waals surface area contributed by atoms with Crippen LogP contribution in [0.25, 0.3) is 0 Å². The number of carbonyl (C=O) groups is 1. The maximum absolute atomic E-state index is 11.3. The number of hydrogen-bond acceptors (Lipinski definition) is 2. The topological polar surface area (TPSA) is 55.1 Å². The van der Waals surface area contributed by atoms with Gasteiger partial charge in [-0.3, -0.25) is 4.79 Å². The second-order valence-electron chi connectivity index (χ2n) is 5.24. The fraction of sp³-hybridized carbons (Fsp3) is 0.500. The van der Waals surface area contributed by atoms with Crippen LogP contribution in [0.4, 0.5) is 0 Å². The first-order valence-corrected chi connectivity index (χ1v) is 6.36. The zero-order chi connectivity index (χ0) is 11.8. The van der Waals surface area contributed by atoms with Crippen molar-refractivity contribution < 1.29 is 4.79 Å². The van der Waals surface area contributed by atoms with Gasteiger partial charge < -0.3 is 11.1 Å². The minimum Gasteiger partial charge on any atom is -0.368 e. The minimum absolute atomic E-state index is 0.103. The first-order chi connectivity index (χ1) is 8.25. The fourth-order valence-corrected chi connectivity index (χ4v) is 2.56. The van der Waals surface area contributed by atoms with Crippen LogP contribution in [0.3, 0.4) is 0 Å². The lowest BCUT2D eigenvalue weighted by atomic mass is 10.1. The molecule has 17 heavy (non-hydrogen) atoms. The third kappa shape index (κ3) is 2.34. The van der Waals surface area contributed by atoms with Crippen molar-refractivity contribution in [2.24, 2.45) is 11.7 Å². The Morgan fingerprint density at radius 3 is 2.59 bits per heavy atom. The molecule has 2 aliphatic carbocycles. The van der Waals surface area contributed by atoms with E-state index in [1.54, 1.807) is 0 Å². The molecule has 3 unspecified atom stereocenters. The van der Waals surface area contributed by atoms with Crippen molar-refractivity contribution >= 4 is 5.91 Å². The molecule has 0 bridgehead atoms. The Morgan fingerprint density at radius 2 is 2.00 bits per heavy atom. The smallest absolute Gasteiger partial charge is 0.234 e. The number of rotatable bonds is 5. The van der Waals surface area contributed by atoms with E-state index in [0.717, 1.165) is 19.3 Å². The number of amides is 1. The Balaban J connectivity index is 1.60. The van der Waals surface area contributed by atoms with E-state index in [1.807, 2.05) is 6.07 Å². The zero-order valence-electron chi connectivity index (χ0n) is 9.80. The second-order valence-corrected chi connectivity index (χ2v) is 5.24. The van der Waals surface area contributed by atoms with Crippen molar-refractivity contribution in [2.75, 3.05) is 0 Å². The fourth-order valence-electron chi connectivity index (χ4n) is 2.56. The normalized spacial score (nSPS) is 28.7. The van der Waals surface area contributed by atoms with Crippen LogP contribution < -0.4 is 11.1 Å². The van der Waals surface area contributed by atoms with Gasteiger partial charge in [-0.05, 0) is 30.7 Å². The molecule has 0 spiro atoms. The summed E-state index contributed by atoms with van der Waals surface area (Å²) in [5, 5.41) is 3.43. The summed E-state index contributed by atoms with van der Waals surface area (Å²) in [6.07, 6.45) is 3.41. The first kappa shape index (κ1) is 10.8. The molecular weight excluding hydrogens is 212 g/mol. The maximum Gasteiger partial charge on any atom is 0.234 e. The molecule has 3 atom stereocenters. The number of hydrogen-bond donors (Lipinski definition) is 2. The van der Waals surface area contributed by atoms with Gasteiger partial charge in [0.15, 0.2) is 0 Å². The number of primary amides is 1. The van der Waals surface area contributed by atoms with Crippen molar-refractivity contribution in [1.82, 2.24) is 5.32 Å². The van der Waals surface area contributed by atoms with Crippen LogP contribution in [0.5, 0.6) is 0 Å². The van der Waals surface area contributed by atoms with Crippen LogP contribution in [0.1, 0.15) is 30.7 Å². The van der Waals surface area contributed by atoms with Gasteiger partial charge in [0.1, 0.15) is 0 Å². The van der Waals surface area contributed by atoms with E-state index in [0.29, 0.717) is 17.9 Å². The van der Waals surface area contributed by atoms with E-state index >= 15 is 0 Å². The molecular formula is C14H18N2O. The summed E-state index contributed by atoms with van der Waals surface area (Å²) in [7, 11) is 0. The summed E-state index contributed by atoms with van der Waals surface area (Å²) in [4.78, 5) is 11.3. The maximum atomic E-state index is 11.3. The molecule has 90 valence electrons. The van der Waals surface area contributed by atoms with Gasteiger partial charge in [0.05, 0.1) is 6.04 Å². The van der Waals surface area contributed by atoms with Crippen molar-refractivity contribution in [3.8, 4) is 0 Å². The van der Waals surface area contributed by atoms with Crippen molar-refractivity contribution in [3.63, 3.8) is 0 Å². The second kappa shape index (κ2) is 4.15. The molecule has 0 heterocycles. The highest BCUT2D eigenvalue weighted by molar-refractivity contribution is 5.80. The van der Waals surface area contributed by atoms with E-state index in [2.05, 4.69) is 29.6 Å². The highest BCUT2D eigenvalue weighted by Crippen LogP contribution is 2.42. The first-order valence-electron chi connectivity index (χ1n) is 6.36. The standard InChI is InChI=1S/C14H18N2O/c15-14(17)13(10-6-7-10)16-12-8-11(12)9-4-2-1-3-5-9/h1-5,10-13,16H,6-8H2,(H2,15,17). The lowest BCUT2D eigenvalue weighted by Gasteiger charge is -2.14. The molecule has 1 aromatic carbocycles. The summed E-state index contributed by atoms with van der Waals surface area (Å²) in [6.45, 7) is 0. The minimum atomic E-state index is -0.189. The molecule has 0 radical (unpaired) electrons. The van der Waals surface area contributed by atoms with Crippen LogP contribution in [0.15, 0.2) is 30.3 Å². The SMILES string of the molecule is NC(=O)C(NC1CC1c1ccccc1)C1CC1. The summed E-state index contributed by atoms with van der Waals surface area (Å²) in [6, 6.07) is 10.8. The number of nitrogens with one attached hydrogen (secondary N) is 1. The number of benzene rings is 1. The predicted octanol–water partition coefficient (Wildman–Crippen LogP) is 1.40. The third-order valence-corrected chi connectivity index (χ3v) is 3.81. The molecule has 2 aliphatic rings. The molecule has 0 saturated heterocycles. The van der Waals surface area contributed by atoms with Gasteiger partial charge in [0, 0.05) is 12.0 Å². The number of carbonyl (C=O) groups excluding carboxylic acids is 1. The van der Waals surface area contributed by atoms with Crippen LogP contribution >= 0.6 is 0 Å². The van der Waals surface area contributed by atoms with Gasteiger partial charge in [-0.1, -0.05) is 30.3 Å². The molecule has 1 amide bonds. The monoisotopic (exact) mass is 230 g/mol. The largest absolute Gasteiger partial charge is 0.368 e. The molecule has 0 aromatic heterocycles. The van der Waals surface area contributed by atoms with Gasteiger partial charge in [0.25, 0.3) is 0 Å². The molecule has 2 fully saturated rings. The molecule has 3 nitrogen and oxygen atoms in total. The Labute approximate surface area is 101 Å². The lowest BCUT2D eigenvalue weighted by Crippen LogP contribution is -2.44. The van der Waals surface area contributed by atoms with Crippen molar-refractivity contribution in [3.05, 3.63) is 35.9 Å². The molecule has 0 aliphatic heterocycles. The van der Waals surface area contributed by atoms with E-state index in [4.69, 9.17) is 5.73 Å². The number of nitrogens with two attached hydrogens (primary N) is 1. The van der Waals surface area contributed by atoms with Crippen LogP contribution in [-0.2, 0) is 4.79 Å². The van der Waals surface area contributed by atoms with Gasteiger partial charge >= 0.3 is 0 Å². The highest BCUT2D eigenvalue weighted by atomic mass is 16.1. The average Bonchev–Trinajstić information content (AvgIpc) is 3.21. The van der Waals surface area contributed by atoms with E-state index < -0.39 is 0 Å². The van der Waals surface area contributed by atoms with E-state index in [9.17, 15) is 4.79 Å². The van der Waals surface area contributed by atoms with Gasteiger partial charge in [0.2, 0.25) is 5.91 Å². The van der Waals surface area contributed by atoms with Crippen LogP contribution in [0.2, 0.25) is 0 Å². The zero-order valence-corrected chi connectivity index (χ0v) is 9.80. The Kier molecular flexibility index (Phi) is 2.63. The summed E-state index contributed by atoms with van der Waals surface area (Å²) < 4.78 is 0. The Bertz CT molecular complexity index is 413. The van der Waals surface area contributed by atoms with Gasteiger partial charge in [-0.15, -0.1) is 0 Å². The molecule has 3 rings (SSSR count). The molecule has 3 heteroatoms. The summed E-state index contributed by atoms with van der Waals surface area (Å²) in [5.41, 5.74) is 6.80. The third-order valence-electron chi connectivity index (χ3n) is 3.81. The summed E-state index contributed by atoms with van der Waals surface area (Å²) in [5.74, 6) is 0.868.